The van der Waals surface area contributed by atoms with Gasteiger partial charge in [-0.15, -0.1) is 0 Å². The third-order valence-electron chi connectivity index (χ3n) is 2.63. The largest absolute Gasteiger partial charge is 0.465 e. The molecule has 86 valence electrons. The first-order valence-corrected chi connectivity index (χ1v) is 5.32. The monoisotopic (exact) mass is 221 g/mol. The van der Waals surface area contributed by atoms with E-state index in [4.69, 9.17) is 4.74 Å². The molecular weight excluding hydrogens is 206 g/mol. The van der Waals surface area contributed by atoms with Crippen molar-refractivity contribution in [3.8, 4) is 0 Å². The third-order valence-corrected chi connectivity index (χ3v) is 2.63. The van der Waals surface area contributed by atoms with Crippen molar-refractivity contribution in [2.75, 3.05) is 26.8 Å². The first kappa shape index (κ1) is 11.1. The molecule has 1 N–H and O–H groups in total. The van der Waals surface area contributed by atoms with E-state index in [1.165, 1.54) is 7.11 Å². The summed E-state index contributed by atoms with van der Waals surface area (Å²) in [6.45, 7) is 2.44. The molecule has 4 heteroatoms. The van der Waals surface area contributed by atoms with Crippen LogP contribution in [0.15, 0.2) is 24.3 Å². The summed E-state index contributed by atoms with van der Waals surface area (Å²) < 4.78 is 10.3. The highest BCUT2D eigenvalue weighted by Gasteiger charge is 2.15. The molecule has 0 bridgehead atoms. The number of carbonyl (C=O) groups is 1. The van der Waals surface area contributed by atoms with Gasteiger partial charge in [0.25, 0.3) is 0 Å². The normalized spacial score (nSPS) is 20.4. The lowest BCUT2D eigenvalue weighted by Crippen LogP contribution is -2.33. The Morgan fingerprint density at radius 1 is 1.44 bits per heavy atom. The molecule has 16 heavy (non-hydrogen) atoms. The summed E-state index contributed by atoms with van der Waals surface area (Å²) in [4.78, 5) is 11.2. The zero-order chi connectivity index (χ0) is 11.4. The fourth-order valence-corrected chi connectivity index (χ4v) is 1.73. The van der Waals surface area contributed by atoms with Crippen LogP contribution in [0.1, 0.15) is 22.0 Å². The van der Waals surface area contributed by atoms with Gasteiger partial charge in [0.1, 0.15) is 0 Å². The predicted molar refractivity (Wildman–Crippen MR) is 59.3 cm³/mol. The molecule has 1 aliphatic rings. The van der Waals surface area contributed by atoms with Crippen LogP contribution in [-0.4, -0.2) is 32.8 Å². The zero-order valence-corrected chi connectivity index (χ0v) is 9.23. The Bertz CT molecular complexity index is 355. The van der Waals surface area contributed by atoms with Gasteiger partial charge in [-0.2, -0.15) is 0 Å². The van der Waals surface area contributed by atoms with E-state index in [9.17, 15) is 4.79 Å². The molecule has 2 rings (SSSR count). The molecule has 0 aromatic heterocycles. The molecule has 0 amide bonds. The molecule has 1 fully saturated rings. The van der Waals surface area contributed by atoms with E-state index >= 15 is 0 Å². The molecule has 1 aromatic carbocycles. The first-order chi connectivity index (χ1) is 7.81. The van der Waals surface area contributed by atoms with Crippen molar-refractivity contribution >= 4 is 5.97 Å². The molecular formula is C12H15NO3. The summed E-state index contributed by atoms with van der Waals surface area (Å²) >= 11 is 0. The lowest BCUT2D eigenvalue weighted by atomic mass is 10.1. The number of hydrogen-bond donors (Lipinski definition) is 1. The summed E-state index contributed by atoms with van der Waals surface area (Å²) in [5.41, 5.74) is 1.65. The molecule has 0 spiro atoms. The smallest absolute Gasteiger partial charge is 0.337 e. The van der Waals surface area contributed by atoms with Crippen molar-refractivity contribution in [3.63, 3.8) is 0 Å². The van der Waals surface area contributed by atoms with Gasteiger partial charge in [0.2, 0.25) is 0 Å². The van der Waals surface area contributed by atoms with Crippen molar-refractivity contribution in [2.45, 2.75) is 6.10 Å². The Balaban J connectivity index is 2.09. The average Bonchev–Trinajstić information content (AvgIpc) is 2.39. The minimum absolute atomic E-state index is 0.0837. The van der Waals surface area contributed by atoms with Gasteiger partial charge in [0.05, 0.1) is 25.4 Å². The van der Waals surface area contributed by atoms with Gasteiger partial charge in [0.15, 0.2) is 0 Å². The van der Waals surface area contributed by atoms with Crippen LogP contribution in [0, 0.1) is 0 Å². The van der Waals surface area contributed by atoms with Crippen LogP contribution in [0.4, 0.5) is 0 Å². The number of hydrogen-bond acceptors (Lipinski definition) is 4. The molecule has 1 heterocycles. The molecule has 1 saturated heterocycles. The number of esters is 1. The number of methoxy groups -OCH3 is 1. The molecule has 1 atom stereocenters. The molecule has 0 radical (unpaired) electrons. The summed E-state index contributed by atoms with van der Waals surface area (Å²) in [7, 11) is 1.38. The predicted octanol–water partition coefficient (Wildman–Crippen LogP) is 1.13. The Morgan fingerprint density at radius 2 is 2.19 bits per heavy atom. The highest BCUT2D eigenvalue weighted by molar-refractivity contribution is 5.89. The first-order valence-electron chi connectivity index (χ1n) is 5.32. The van der Waals surface area contributed by atoms with Crippen LogP contribution in [0.3, 0.4) is 0 Å². The molecule has 0 saturated carbocycles. The van der Waals surface area contributed by atoms with E-state index in [1.807, 2.05) is 12.1 Å². The van der Waals surface area contributed by atoms with Crippen molar-refractivity contribution in [2.24, 2.45) is 0 Å². The SMILES string of the molecule is COC(=O)c1ccc([C@@H]2CNCCO2)cc1. The van der Waals surface area contributed by atoms with E-state index in [2.05, 4.69) is 10.1 Å². The van der Waals surface area contributed by atoms with E-state index in [0.717, 1.165) is 25.3 Å². The summed E-state index contributed by atoms with van der Waals surface area (Å²) in [6, 6.07) is 7.34. The number of carbonyl (C=O) groups excluding carboxylic acids is 1. The minimum Gasteiger partial charge on any atom is -0.465 e. The number of ether oxygens (including phenoxy) is 2. The molecule has 1 aromatic rings. The summed E-state index contributed by atoms with van der Waals surface area (Å²) in [5.74, 6) is -0.311. The van der Waals surface area contributed by atoms with Crippen LogP contribution in [0.5, 0.6) is 0 Å². The Labute approximate surface area is 94.6 Å². The Kier molecular flexibility index (Phi) is 3.54. The Hall–Kier alpha value is -1.39. The molecule has 1 aliphatic heterocycles. The van der Waals surface area contributed by atoms with Crippen molar-refractivity contribution in [1.82, 2.24) is 5.32 Å². The van der Waals surface area contributed by atoms with Gasteiger partial charge in [-0.3, -0.25) is 0 Å². The van der Waals surface area contributed by atoms with Crippen molar-refractivity contribution in [3.05, 3.63) is 35.4 Å². The second-order valence-electron chi connectivity index (χ2n) is 3.68. The van der Waals surface area contributed by atoms with E-state index in [1.54, 1.807) is 12.1 Å². The van der Waals surface area contributed by atoms with Crippen LogP contribution in [0.2, 0.25) is 0 Å². The lowest BCUT2D eigenvalue weighted by molar-refractivity contribution is 0.0276. The second-order valence-corrected chi connectivity index (χ2v) is 3.68. The number of morpholine rings is 1. The van der Waals surface area contributed by atoms with Gasteiger partial charge in [-0.1, -0.05) is 12.1 Å². The fraction of sp³-hybridized carbons (Fsp3) is 0.417. The summed E-state index contributed by atoms with van der Waals surface area (Å²) in [5, 5.41) is 3.27. The van der Waals surface area contributed by atoms with Crippen LogP contribution < -0.4 is 5.32 Å². The number of rotatable bonds is 2. The number of nitrogens with one attached hydrogen (secondary N) is 1. The van der Waals surface area contributed by atoms with Gasteiger partial charge < -0.3 is 14.8 Å². The quantitative estimate of drug-likeness (QED) is 0.761. The highest BCUT2D eigenvalue weighted by atomic mass is 16.5. The van der Waals surface area contributed by atoms with Crippen LogP contribution in [0.25, 0.3) is 0 Å². The van der Waals surface area contributed by atoms with Crippen molar-refractivity contribution in [1.29, 1.82) is 0 Å². The zero-order valence-electron chi connectivity index (χ0n) is 9.23. The molecule has 0 aliphatic carbocycles. The maximum absolute atomic E-state index is 11.2. The minimum atomic E-state index is -0.311. The fourth-order valence-electron chi connectivity index (χ4n) is 1.73. The van der Waals surface area contributed by atoms with Gasteiger partial charge in [-0.25, -0.2) is 4.79 Å². The standard InChI is InChI=1S/C12H15NO3/c1-15-12(14)10-4-2-9(3-5-10)11-8-13-6-7-16-11/h2-5,11,13H,6-8H2,1H3/t11-/m0/s1. The van der Waals surface area contributed by atoms with Gasteiger partial charge in [0, 0.05) is 13.1 Å². The topological polar surface area (TPSA) is 47.6 Å². The number of benzene rings is 1. The van der Waals surface area contributed by atoms with E-state index < -0.39 is 0 Å². The van der Waals surface area contributed by atoms with Gasteiger partial charge >= 0.3 is 5.97 Å². The second kappa shape index (κ2) is 5.09. The van der Waals surface area contributed by atoms with Gasteiger partial charge in [-0.05, 0) is 17.7 Å². The molecule has 0 unspecified atom stereocenters. The third kappa shape index (κ3) is 2.40. The van der Waals surface area contributed by atoms with Crippen LogP contribution in [-0.2, 0) is 9.47 Å². The molecule has 4 nitrogen and oxygen atoms in total. The van der Waals surface area contributed by atoms with E-state index in [-0.39, 0.29) is 12.1 Å². The maximum atomic E-state index is 11.2. The van der Waals surface area contributed by atoms with Crippen molar-refractivity contribution < 1.29 is 14.3 Å². The van der Waals surface area contributed by atoms with Crippen LogP contribution >= 0.6 is 0 Å². The highest BCUT2D eigenvalue weighted by Crippen LogP contribution is 2.19. The maximum Gasteiger partial charge on any atom is 0.337 e. The summed E-state index contributed by atoms with van der Waals surface area (Å²) in [6.07, 6.45) is 0.0837. The Morgan fingerprint density at radius 3 is 2.75 bits per heavy atom. The van der Waals surface area contributed by atoms with E-state index in [0.29, 0.717) is 5.56 Å². The lowest BCUT2D eigenvalue weighted by Gasteiger charge is -2.23. The average molecular weight is 221 g/mol.